The van der Waals surface area contributed by atoms with Crippen LogP contribution in [0.25, 0.3) is 0 Å². The van der Waals surface area contributed by atoms with Gasteiger partial charge in [0.15, 0.2) is 5.13 Å². The van der Waals surface area contributed by atoms with Gasteiger partial charge in [-0.05, 0) is 12.8 Å². The quantitative estimate of drug-likeness (QED) is 0.820. The van der Waals surface area contributed by atoms with E-state index in [1.165, 1.54) is 16.2 Å². The SMILES string of the molecule is CN1C(=O)N(CC(=O)Nc2nc(C(C)(C)C)cs2)C(=O)C12CCCCC2. The fourth-order valence-corrected chi connectivity index (χ4v) is 4.60. The van der Waals surface area contributed by atoms with Gasteiger partial charge in [-0.25, -0.2) is 9.78 Å². The van der Waals surface area contributed by atoms with Crippen LogP contribution in [-0.2, 0) is 15.0 Å². The molecule has 1 aliphatic heterocycles. The van der Waals surface area contributed by atoms with E-state index in [0.717, 1.165) is 29.9 Å². The van der Waals surface area contributed by atoms with Crippen molar-refractivity contribution in [1.29, 1.82) is 0 Å². The second-order valence-corrected chi connectivity index (χ2v) is 9.02. The van der Waals surface area contributed by atoms with Crippen molar-refractivity contribution in [2.24, 2.45) is 0 Å². The standard InChI is InChI=1S/C18H26N4O3S/c1-17(2,3)12-11-26-15(19-12)20-13(23)10-22-14(24)18(21(4)16(22)25)8-6-5-7-9-18/h11H,5-10H2,1-4H3,(H,19,20,23). The predicted octanol–water partition coefficient (Wildman–Crippen LogP) is 2.98. The van der Waals surface area contributed by atoms with E-state index in [9.17, 15) is 14.4 Å². The molecule has 1 N–H and O–H groups in total. The van der Waals surface area contributed by atoms with Crippen LogP contribution < -0.4 is 5.32 Å². The molecular weight excluding hydrogens is 352 g/mol. The molecule has 2 fully saturated rings. The average Bonchev–Trinajstić information content (AvgIpc) is 3.12. The van der Waals surface area contributed by atoms with Gasteiger partial charge in [0.25, 0.3) is 5.91 Å². The number of hydrogen-bond acceptors (Lipinski definition) is 5. The Morgan fingerprint density at radius 1 is 1.27 bits per heavy atom. The largest absolute Gasteiger partial charge is 0.327 e. The van der Waals surface area contributed by atoms with Crippen LogP contribution in [0, 0.1) is 0 Å². The molecule has 1 saturated carbocycles. The lowest BCUT2D eigenvalue weighted by Gasteiger charge is -2.35. The highest BCUT2D eigenvalue weighted by molar-refractivity contribution is 7.13. The summed E-state index contributed by atoms with van der Waals surface area (Å²) >= 11 is 1.34. The van der Waals surface area contributed by atoms with Gasteiger partial charge in [0.1, 0.15) is 12.1 Å². The van der Waals surface area contributed by atoms with Crippen LogP contribution in [0.2, 0.25) is 0 Å². The molecule has 1 aromatic rings. The molecular formula is C18H26N4O3S. The minimum absolute atomic E-state index is 0.101. The van der Waals surface area contributed by atoms with E-state index in [1.807, 2.05) is 5.38 Å². The van der Waals surface area contributed by atoms with Crippen LogP contribution in [0.4, 0.5) is 9.93 Å². The van der Waals surface area contributed by atoms with Gasteiger partial charge in [0.2, 0.25) is 5.91 Å². The average molecular weight is 378 g/mol. The van der Waals surface area contributed by atoms with E-state index in [1.54, 1.807) is 7.05 Å². The highest BCUT2D eigenvalue weighted by Crippen LogP contribution is 2.39. The fourth-order valence-electron chi connectivity index (χ4n) is 3.65. The lowest BCUT2D eigenvalue weighted by molar-refractivity contribution is -0.136. The lowest BCUT2D eigenvalue weighted by Crippen LogP contribution is -2.49. The third-order valence-electron chi connectivity index (χ3n) is 5.30. The fraction of sp³-hybridized carbons (Fsp3) is 0.667. The van der Waals surface area contributed by atoms with Crippen LogP contribution in [-0.4, -0.2) is 51.8 Å². The van der Waals surface area contributed by atoms with Gasteiger partial charge in [0, 0.05) is 17.8 Å². The van der Waals surface area contributed by atoms with Crippen LogP contribution in [0.15, 0.2) is 5.38 Å². The van der Waals surface area contributed by atoms with Gasteiger partial charge in [-0.3, -0.25) is 14.5 Å². The molecule has 4 amide bonds. The number of carbonyl (C=O) groups is 3. The van der Waals surface area contributed by atoms with E-state index >= 15 is 0 Å². The molecule has 1 saturated heterocycles. The second-order valence-electron chi connectivity index (χ2n) is 8.16. The molecule has 142 valence electrons. The molecule has 26 heavy (non-hydrogen) atoms. The Bertz CT molecular complexity index is 731. The first-order valence-electron chi connectivity index (χ1n) is 9.01. The van der Waals surface area contributed by atoms with Gasteiger partial charge in [0.05, 0.1) is 5.69 Å². The van der Waals surface area contributed by atoms with Crippen molar-refractivity contribution in [1.82, 2.24) is 14.8 Å². The highest BCUT2D eigenvalue weighted by atomic mass is 32.1. The van der Waals surface area contributed by atoms with Gasteiger partial charge >= 0.3 is 6.03 Å². The van der Waals surface area contributed by atoms with Gasteiger partial charge < -0.3 is 10.2 Å². The highest BCUT2D eigenvalue weighted by Gasteiger charge is 2.55. The van der Waals surface area contributed by atoms with Crippen LogP contribution in [0.3, 0.4) is 0 Å². The van der Waals surface area contributed by atoms with Gasteiger partial charge in [-0.15, -0.1) is 11.3 Å². The Morgan fingerprint density at radius 2 is 1.92 bits per heavy atom. The second kappa shape index (κ2) is 6.64. The zero-order valence-corrected chi connectivity index (χ0v) is 16.6. The Balaban J connectivity index is 1.68. The number of thiazole rings is 1. The molecule has 0 radical (unpaired) electrons. The Morgan fingerprint density at radius 3 is 2.50 bits per heavy atom. The number of nitrogens with zero attached hydrogens (tertiary/aromatic N) is 3. The molecule has 3 rings (SSSR count). The minimum atomic E-state index is -0.754. The zero-order valence-electron chi connectivity index (χ0n) is 15.8. The molecule has 7 nitrogen and oxygen atoms in total. The summed E-state index contributed by atoms with van der Waals surface area (Å²) in [6.45, 7) is 5.88. The van der Waals surface area contributed by atoms with Crippen LogP contribution in [0.5, 0.6) is 0 Å². The number of likely N-dealkylation sites (N-methyl/N-ethyl adjacent to an activating group) is 1. The maximum atomic E-state index is 12.9. The third kappa shape index (κ3) is 3.22. The first kappa shape index (κ1) is 18.8. The Hall–Kier alpha value is -1.96. The number of urea groups is 1. The smallest absolute Gasteiger partial charge is 0.313 e. The number of carbonyl (C=O) groups excluding carboxylic acids is 3. The zero-order chi connectivity index (χ0) is 19.1. The topological polar surface area (TPSA) is 82.6 Å². The van der Waals surface area contributed by atoms with Crippen molar-refractivity contribution >= 4 is 34.3 Å². The van der Waals surface area contributed by atoms with Crippen molar-refractivity contribution in [3.8, 4) is 0 Å². The number of aromatic nitrogens is 1. The first-order chi connectivity index (χ1) is 12.1. The van der Waals surface area contributed by atoms with Crippen molar-refractivity contribution in [2.45, 2.75) is 63.8 Å². The molecule has 0 unspecified atom stereocenters. The number of anilines is 1. The molecule has 1 aromatic heterocycles. The summed E-state index contributed by atoms with van der Waals surface area (Å²) in [5, 5.41) is 5.11. The number of rotatable bonds is 3. The summed E-state index contributed by atoms with van der Waals surface area (Å²) in [5.74, 6) is -0.642. The van der Waals surface area contributed by atoms with E-state index in [2.05, 4.69) is 31.1 Å². The third-order valence-corrected chi connectivity index (χ3v) is 6.06. The summed E-state index contributed by atoms with van der Waals surface area (Å²) in [5.41, 5.74) is 0.0409. The summed E-state index contributed by atoms with van der Waals surface area (Å²) in [6.07, 6.45) is 4.29. The molecule has 0 aromatic carbocycles. The predicted molar refractivity (Wildman–Crippen MR) is 100 cm³/mol. The number of hydrogen-bond donors (Lipinski definition) is 1. The molecule has 2 aliphatic rings. The number of imide groups is 1. The monoisotopic (exact) mass is 378 g/mol. The van der Waals surface area contributed by atoms with E-state index in [-0.39, 0.29) is 23.9 Å². The number of nitrogens with one attached hydrogen (secondary N) is 1. The molecule has 8 heteroatoms. The maximum Gasteiger partial charge on any atom is 0.327 e. The summed E-state index contributed by atoms with van der Waals surface area (Å²) in [4.78, 5) is 44.9. The van der Waals surface area contributed by atoms with Gasteiger partial charge in [-0.1, -0.05) is 40.0 Å². The first-order valence-corrected chi connectivity index (χ1v) is 9.89. The van der Waals surface area contributed by atoms with E-state index in [4.69, 9.17) is 0 Å². The van der Waals surface area contributed by atoms with Gasteiger partial charge in [-0.2, -0.15) is 0 Å². The van der Waals surface area contributed by atoms with Crippen molar-refractivity contribution < 1.29 is 14.4 Å². The normalized spacial score (nSPS) is 20.2. The molecule has 1 spiro atoms. The molecule has 2 heterocycles. The number of amides is 4. The van der Waals surface area contributed by atoms with Crippen LogP contribution in [0.1, 0.15) is 58.6 Å². The van der Waals surface area contributed by atoms with Crippen molar-refractivity contribution in [3.05, 3.63) is 11.1 Å². The van der Waals surface area contributed by atoms with Crippen molar-refractivity contribution in [3.63, 3.8) is 0 Å². The Kier molecular flexibility index (Phi) is 4.81. The van der Waals surface area contributed by atoms with E-state index in [0.29, 0.717) is 18.0 Å². The molecule has 0 bridgehead atoms. The molecule has 0 atom stereocenters. The van der Waals surface area contributed by atoms with Crippen molar-refractivity contribution in [2.75, 3.05) is 18.9 Å². The van der Waals surface area contributed by atoms with E-state index < -0.39 is 11.4 Å². The lowest BCUT2D eigenvalue weighted by atomic mass is 9.81. The minimum Gasteiger partial charge on any atom is -0.313 e. The molecule has 1 aliphatic carbocycles. The Labute approximate surface area is 157 Å². The summed E-state index contributed by atoms with van der Waals surface area (Å²) in [6, 6.07) is -0.387. The summed E-state index contributed by atoms with van der Waals surface area (Å²) in [7, 11) is 1.67. The maximum absolute atomic E-state index is 12.9. The van der Waals surface area contributed by atoms with Crippen LogP contribution >= 0.6 is 11.3 Å². The summed E-state index contributed by atoms with van der Waals surface area (Å²) < 4.78 is 0.